The number of anilines is 1. The smallest absolute Gasteiger partial charge is 0.0641 e. The summed E-state index contributed by atoms with van der Waals surface area (Å²) in [6.45, 7) is 11.2. The Bertz CT molecular complexity index is 406. The van der Waals surface area contributed by atoms with Crippen LogP contribution in [0.5, 0.6) is 0 Å². The molecule has 1 N–H and O–H groups in total. The molecule has 0 amide bonds. The van der Waals surface area contributed by atoms with E-state index in [-0.39, 0.29) is 0 Å². The minimum absolute atomic E-state index is 0.438. The monoisotopic (exact) mass is 262 g/mol. The lowest BCUT2D eigenvalue weighted by Gasteiger charge is -2.20. The van der Waals surface area contributed by atoms with Crippen LogP contribution in [0.2, 0.25) is 0 Å². The van der Waals surface area contributed by atoms with Gasteiger partial charge in [0, 0.05) is 31.4 Å². The molecule has 0 aromatic heterocycles. The summed E-state index contributed by atoms with van der Waals surface area (Å²) in [5.74, 6) is 0. The van der Waals surface area contributed by atoms with Crippen LogP contribution in [0.25, 0.3) is 0 Å². The minimum atomic E-state index is 0.438. The molecule has 0 aliphatic carbocycles. The Labute approximate surface area is 116 Å². The average Bonchev–Trinajstić information content (AvgIpc) is 2.82. The molecule has 0 saturated heterocycles. The number of hydrogen-bond acceptors (Lipinski definition) is 3. The van der Waals surface area contributed by atoms with E-state index >= 15 is 0 Å². The number of hydrogen-bond donors (Lipinski definition) is 1. The third-order valence-corrected chi connectivity index (χ3v) is 3.82. The zero-order valence-electron chi connectivity index (χ0n) is 12.4. The Kier molecular flexibility index (Phi) is 5.23. The first-order chi connectivity index (χ1) is 9.26. The molecule has 1 aliphatic heterocycles. The maximum absolute atomic E-state index is 5.45. The maximum Gasteiger partial charge on any atom is 0.0641 e. The molecule has 2 rings (SSSR count). The first-order valence-corrected chi connectivity index (χ1v) is 7.45. The summed E-state index contributed by atoms with van der Waals surface area (Å²) in [7, 11) is 0. The van der Waals surface area contributed by atoms with Crippen LogP contribution in [0, 0.1) is 0 Å². The van der Waals surface area contributed by atoms with Crippen LogP contribution in [0.3, 0.4) is 0 Å². The van der Waals surface area contributed by atoms with Crippen molar-refractivity contribution in [1.82, 2.24) is 5.32 Å². The second-order valence-corrected chi connectivity index (χ2v) is 5.10. The van der Waals surface area contributed by atoms with Crippen molar-refractivity contribution in [2.24, 2.45) is 0 Å². The highest BCUT2D eigenvalue weighted by Gasteiger charge is 2.19. The van der Waals surface area contributed by atoms with Gasteiger partial charge in [0.25, 0.3) is 0 Å². The van der Waals surface area contributed by atoms with Gasteiger partial charge >= 0.3 is 0 Å². The summed E-state index contributed by atoms with van der Waals surface area (Å²) in [5.41, 5.74) is 4.28. The lowest BCUT2D eigenvalue weighted by Crippen LogP contribution is -2.25. The number of rotatable bonds is 7. The van der Waals surface area contributed by atoms with Crippen molar-refractivity contribution in [3.05, 3.63) is 29.3 Å². The van der Waals surface area contributed by atoms with E-state index in [0.29, 0.717) is 6.04 Å². The molecular weight excluding hydrogens is 236 g/mol. The van der Waals surface area contributed by atoms with Crippen molar-refractivity contribution in [2.45, 2.75) is 33.2 Å². The summed E-state index contributed by atoms with van der Waals surface area (Å²) < 4.78 is 5.45. The molecular formula is C16H26N2O. The summed E-state index contributed by atoms with van der Waals surface area (Å²) >= 11 is 0. The number of fused-ring (bicyclic) bond motifs is 1. The normalized spacial score (nSPS) is 15.6. The Balaban J connectivity index is 2.03. The van der Waals surface area contributed by atoms with Crippen LogP contribution in [0.4, 0.5) is 5.69 Å². The summed E-state index contributed by atoms with van der Waals surface area (Å²) in [5, 5.41) is 3.47. The number of ether oxygens (including phenoxy) is 1. The molecule has 19 heavy (non-hydrogen) atoms. The molecule has 1 heterocycles. The van der Waals surface area contributed by atoms with E-state index in [1.807, 2.05) is 6.92 Å². The van der Waals surface area contributed by atoms with Gasteiger partial charge in [0.1, 0.15) is 0 Å². The van der Waals surface area contributed by atoms with Crippen LogP contribution in [0.15, 0.2) is 18.2 Å². The molecule has 0 fully saturated rings. The SMILES string of the molecule is CCNC(C)c1ccc2c(c1)CCN2CCOCC. The first-order valence-electron chi connectivity index (χ1n) is 7.45. The first kappa shape index (κ1) is 14.4. The predicted octanol–water partition coefficient (Wildman–Crippen LogP) is 2.76. The number of benzene rings is 1. The van der Waals surface area contributed by atoms with E-state index < -0.39 is 0 Å². The lowest BCUT2D eigenvalue weighted by molar-refractivity contribution is 0.154. The Hall–Kier alpha value is -1.06. The van der Waals surface area contributed by atoms with Crippen LogP contribution >= 0.6 is 0 Å². The number of nitrogens with one attached hydrogen (secondary N) is 1. The molecule has 0 radical (unpaired) electrons. The molecule has 0 saturated carbocycles. The summed E-state index contributed by atoms with van der Waals surface area (Å²) in [6.07, 6.45) is 1.16. The molecule has 0 spiro atoms. The van der Waals surface area contributed by atoms with E-state index in [1.165, 1.54) is 16.8 Å². The standard InChI is InChI=1S/C16H26N2O/c1-4-17-13(3)14-6-7-16-15(12-14)8-9-18(16)10-11-19-5-2/h6-7,12-13,17H,4-5,8-11H2,1-3H3. The Morgan fingerprint density at radius 3 is 2.95 bits per heavy atom. The molecule has 1 aromatic rings. The van der Waals surface area contributed by atoms with Crippen molar-refractivity contribution < 1.29 is 4.74 Å². The number of nitrogens with zero attached hydrogens (tertiary/aromatic N) is 1. The van der Waals surface area contributed by atoms with Crippen LogP contribution in [-0.2, 0) is 11.2 Å². The second-order valence-electron chi connectivity index (χ2n) is 5.10. The second kappa shape index (κ2) is 6.92. The third kappa shape index (κ3) is 3.48. The van der Waals surface area contributed by atoms with E-state index in [2.05, 4.69) is 42.3 Å². The third-order valence-electron chi connectivity index (χ3n) is 3.82. The van der Waals surface area contributed by atoms with Gasteiger partial charge in [0.2, 0.25) is 0 Å². The van der Waals surface area contributed by atoms with E-state index in [0.717, 1.165) is 39.3 Å². The van der Waals surface area contributed by atoms with Crippen molar-refractivity contribution in [1.29, 1.82) is 0 Å². The van der Waals surface area contributed by atoms with Gasteiger partial charge in [-0.25, -0.2) is 0 Å². The Morgan fingerprint density at radius 2 is 2.21 bits per heavy atom. The van der Waals surface area contributed by atoms with E-state index in [1.54, 1.807) is 0 Å². The highest BCUT2D eigenvalue weighted by molar-refractivity contribution is 5.59. The van der Waals surface area contributed by atoms with Gasteiger partial charge in [-0.05, 0) is 44.0 Å². The zero-order valence-corrected chi connectivity index (χ0v) is 12.4. The largest absolute Gasteiger partial charge is 0.380 e. The van der Waals surface area contributed by atoms with Gasteiger partial charge in [-0.2, -0.15) is 0 Å². The van der Waals surface area contributed by atoms with E-state index in [4.69, 9.17) is 4.74 Å². The van der Waals surface area contributed by atoms with E-state index in [9.17, 15) is 0 Å². The highest BCUT2D eigenvalue weighted by Crippen LogP contribution is 2.30. The fraction of sp³-hybridized carbons (Fsp3) is 0.625. The zero-order chi connectivity index (χ0) is 13.7. The van der Waals surface area contributed by atoms with Gasteiger partial charge < -0.3 is 15.0 Å². The molecule has 1 aromatic carbocycles. The summed E-state index contributed by atoms with van der Waals surface area (Å²) in [6, 6.07) is 7.33. The van der Waals surface area contributed by atoms with Crippen molar-refractivity contribution >= 4 is 5.69 Å². The van der Waals surface area contributed by atoms with Gasteiger partial charge in [-0.1, -0.05) is 19.1 Å². The fourth-order valence-corrected chi connectivity index (χ4v) is 2.73. The quantitative estimate of drug-likeness (QED) is 0.765. The van der Waals surface area contributed by atoms with Crippen LogP contribution < -0.4 is 10.2 Å². The topological polar surface area (TPSA) is 24.5 Å². The molecule has 1 unspecified atom stereocenters. The van der Waals surface area contributed by atoms with Gasteiger partial charge in [-0.3, -0.25) is 0 Å². The Morgan fingerprint density at radius 1 is 1.37 bits per heavy atom. The fourth-order valence-electron chi connectivity index (χ4n) is 2.73. The van der Waals surface area contributed by atoms with Gasteiger partial charge in [0.05, 0.1) is 6.61 Å². The van der Waals surface area contributed by atoms with Crippen LogP contribution in [-0.4, -0.2) is 32.8 Å². The molecule has 1 aliphatic rings. The van der Waals surface area contributed by atoms with Gasteiger partial charge in [-0.15, -0.1) is 0 Å². The molecule has 0 bridgehead atoms. The van der Waals surface area contributed by atoms with Crippen molar-refractivity contribution in [2.75, 3.05) is 37.7 Å². The van der Waals surface area contributed by atoms with Crippen molar-refractivity contribution in [3.63, 3.8) is 0 Å². The van der Waals surface area contributed by atoms with Crippen molar-refractivity contribution in [3.8, 4) is 0 Å². The van der Waals surface area contributed by atoms with Gasteiger partial charge in [0.15, 0.2) is 0 Å². The average molecular weight is 262 g/mol. The molecule has 106 valence electrons. The summed E-state index contributed by atoms with van der Waals surface area (Å²) in [4.78, 5) is 2.44. The lowest BCUT2D eigenvalue weighted by atomic mass is 10.0. The minimum Gasteiger partial charge on any atom is -0.380 e. The molecule has 1 atom stereocenters. The molecule has 3 nitrogen and oxygen atoms in total. The molecule has 3 heteroatoms. The predicted molar refractivity (Wildman–Crippen MR) is 80.9 cm³/mol. The van der Waals surface area contributed by atoms with Crippen LogP contribution in [0.1, 0.15) is 37.9 Å². The highest BCUT2D eigenvalue weighted by atomic mass is 16.5. The maximum atomic E-state index is 5.45.